The first-order valence-electron chi connectivity index (χ1n) is 10.2. The van der Waals surface area contributed by atoms with Gasteiger partial charge in [0.05, 0.1) is 22.7 Å². The summed E-state index contributed by atoms with van der Waals surface area (Å²) in [6.07, 6.45) is 0. The molecule has 3 aromatic carbocycles. The lowest BCUT2D eigenvalue weighted by Gasteiger charge is -2.16. The average Bonchev–Trinajstić information content (AvgIpc) is 2.82. The predicted molar refractivity (Wildman–Crippen MR) is 124 cm³/mol. The maximum atomic E-state index is 13.1. The molecule has 0 fully saturated rings. The van der Waals surface area contributed by atoms with Gasteiger partial charge in [-0.15, -0.1) is 0 Å². The van der Waals surface area contributed by atoms with Gasteiger partial charge in [-0.2, -0.15) is 5.10 Å². The molecule has 7 nitrogen and oxygen atoms in total. The molecule has 0 bridgehead atoms. The molecule has 0 spiro atoms. The molecular formula is C25H22N4O3. The Kier molecular flexibility index (Phi) is 5.81. The second kappa shape index (κ2) is 8.85. The van der Waals surface area contributed by atoms with E-state index in [0.29, 0.717) is 22.0 Å². The summed E-state index contributed by atoms with van der Waals surface area (Å²) in [4.78, 5) is 38.4. The Bertz CT molecular complexity index is 1360. The number of fused-ring (bicyclic) bond motifs is 1. The summed E-state index contributed by atoms with van der Waals surface area (Å²) in [6, 6.07) is 23.0. The quantitative estimate of drug-likeness (QED) is 0.509. The molecule has 2 N–H and O–H groups in total. The van der Waals surface area contributed by atoms with Crippen molar-refractivity contribution in [1.82, 2.24) is 15.1 Å². The van der Waals surface area contributed by atoms with Gasteiger partial charge in [0.15, 0.2) is 5.69 Å². The Labute approximate surface area is 184 Å². The van der Waals surface area contributed by atoms with Crippen LogP contribution in [0.15, 0.2) is 83.7 Å². The highest BCUT2D eigenvalue weighted by atomic mass is 16.2. The summed E-state index contributed by atoms with van der Waals surface area (Å²) < 4.78 is 1.14. The second-order valence-electron chi connectivity index (χ2n) is 7.43. The van der Waals surface area contributed by atoms with Crippen molar-refractivity contribution in [1.29, 1.82) is 0 Å². The van der Waals surface area contributed by atoms with Gasteiger partial charge in [-0.1, -0.05) is 60.7 Å². The molecule has 0 aliphatic heterocycles. The summed E-state index contributed by atoms with van der Waals surface area (Å²) in [5, 5.41) is 10.7. The van der Waals surface area contributed by atoms with Crippen molar-refractivity contribution in [2.45, 2.75) is 13.0 Å². The molecule has 4 aromatic rings. The van der Waals surface area contributed by atoms with Gasteiger partial charge in [0.1, 0.15) is 0 Å². The van der Waals surface area contributed by atoms with Gasteiger partial charge in [0.25, 0.3) is 17.4 Å². The number of benzene rings is 3. The zero-order valence-electron chi connectivity index (χ0n) is 17.7. The molecule has 7 heteroatoms. The number of hydrogen-bond acceptors (Lipinski definition) is 4. The van der Waals surface area contributed by atoms with Crippen molar-refractivity contribution in [3.63, 3.8) is 0 Å². The molecule has 1 heterocycles. The van der Waals surface area contributed by atoms with E-state index in [1.165, 1.54) is 7.05 Å². The molecule has 160 valence electrons. The van der Waals surface area contributed by atoms with Gasteiger partial charge in [-0.05, 0) is 30.7 Å². The van der Waals surface area contributed by atoms with Crippen LogP contribution in [-0.4, -0.2) is 21.6 Å². The normalized spacial score (nSPS) is 11.7. The zero-order chi connectivity index (χ0) is 22.7. The Morgan fingerprint density at radius 2 is 1.47 bits per heavy atom. The third-order valence-corrected chi connectivity index (χ3v) is 5.24. The van der Waals surface area contributed by atoms with Crippen molar-refractivity contribution < 1.29 is 9.59 Å². The highest BCUT2D eigenvalue weighted by molar-refractivity contribution is 6.13. The topological polar surface area (TPSA) is 93.1 Å². The minimum atomic E-state index is -0.506. The number of aryl methyl sites for hydroxylation is 1. The number of anilines is 1. The maximum Gasteiger partial charge on any atom is 0.276 e. The molecule has 1 aromatic heterocycles. The highest BCUT2D eigenvalue weighted by Gasteiger charge is 2.19. The van der Waals surface area contributed by atoms with Crippen LogP contribution >= 0.6 is 0 Å². The number of rotatable bonds is 5. The van der Waals surface area contributed by atoms with Crippen LogP contribution in [0.4, 0.5) is 5.69 Å². The SMILES string of the molecule is CC(NC(=O)c1ccccc1NC(=O)c1nn(C)c(=O)c2ccccc12)c1ccccc1. The largest absolute Gasteiger partial charge is 0.345 e. The van der Waals surface area contributed by atoms with Gasteiger partial charge in [-0.25, -0.2) is 4.68 Å². The van der Waals surface area contributed by atoms with Crippen molar-refractivity contribution in [3.05, 3.63) is 106 Å². The van der Waals surface area contributed by atoms with Crippen molar-refractivity contribution in [2.24, 2.45) is 7.05 Å². The van der Waals surface area contributed by atoms with Crippen LogP contribution in [0.5, 0.6) is 0 Å². The first kappa shape index (κ1) is 21.0. The fourth-order valence-electron chi connectivity index (χ4n) is 3.54. The lowest BCUT2D eigenvalue weighted by molar-refractivity contribution is 0.0941. The second-order valence-corrected chi connectivity index (χ2v) is 7.43. The van der Waals surface area contributed by atoms with E-state index in [1.54, 1.807) is 48.5 Å². The predicted octanol–water partition coefficient (Wildman–Crippen LogP) is 3.68. The summed E-state index contributed by atoms with van der Waals surface area (Å²) in [7, 11) is 1.50. The van der Waals surface area contributed by atoms with Crippen LogP contribution in [0.25, 0.3) is 10.8 Å². The minimum Gasteiger partial charge on any atom is -0.345 e. The van der Waals surface area contributed by atoms with Gasteiger partial charge in [0.2, 0.25) is 0 Å². The van der Waals surface area contributed by atoms with Crippen LogP contribution in [0.1, 0.15) is 39.4 Å². The summed E-state index contributed by atoms with van der Waals surface area (Å²) in [6.45, 7) is 1.90. The van der Waals surface area contributed by atoms with Gasteiger partial charge < -0.3 is 10.6 Å². The molecular weight excluding hydrogens is 404 g/mol. The van der Waals surface area contributed by atoms with Gasteiger partial charge in [-0.3, -0.25) is 14.4 Å². The number of hydrogen-bond donors (Lipinski definition) is 2. The summed E-state index contributed by atoms with van der Waals surface area (Å²) in [5.41, 5.74) is 1.48. The fraction of sp³-hybridized carbons (Fsp3) is 0.120. The maximum absolute atomic E-state index is 13.1. The fourth-order valence-corrected chi connectivity index (χ4v) is 3.54. The number of nitrogens with zero attached hydrogens (tertiary/aromatic N) is 2. The molecule has 32 heavy (non-hydrogen) atoms. The lowest BCUT2D eigenvalue weighted by atomic mass is 10.1. The third-order valence-electron chi connectivity index (χ3n) is 5.24. The van der Waals surface area contributed by atoms with Crippen molar-refractivity contribution in [3.8, 4) is 0 Å². The van der Waals surface area contributed by atoms with E-state index in [4.69, 9.17) is 0 Å². The molecule has 0 saturated carbocycles. The molecule has 2 amide bonds. The summed E-state index contributed by atoms with van der Waals surface area (Å²) >= 11 is 0. The average molecular weight is 426 g/mol. The van der Waals surface area contributed by atoms with Gasteiger partial charge in [0, 0.05) is 12.4 Å². The number of para-hydroxylation sites is 1. The highest BCUT2D eigenvalue weighted by Crippen LogP contribution is 2.20. The van der Waals surface area contributed by atoms with Crippen LogP contribution in [0.3, 0.4) is 0 Å². The Morgan fingerprint density at radius 3 is 2.22 bits per heavy atom. The minimum absolute atomic E-state index is 0.107. The lowest BCUT2D eigenvalue weighted by Crippen LogP contribution is -2.29. The Hall–Kier alpha value is -4.26. The van der Waals surface area contributed by atoms with Crippen molar-refractivity contribution in [2.75, 3.05) is 5.32 Å². The molecule has 4 rings (SSSR count). The number of amides is 2. The standard InChI is InChI=1S/C25H22N4O3/c1-16(17-10-4-3-5-11-17)26-23(30)20-14-8-9-15-21(20)27-24(31)22-18-12-6-7-13-19(18)25(32)29(2)28-22/h3-16H,1-2H3,(H,26,30)(H,27,31). The van der Waals surface area contributed by atoms with E-state index in [-0.39, 0.29) is 23.2 Å². The molecule has 0 aliphatic carbocycles. The van der Waals surface area contributed by atoms with E-state index >= 15 is 0 Å². The third kappa shape index (κ3) is 4.13. The van der Waals surface area contributed by atoms with Crippen LogP contribution in [0.2, 0.25) is 0 Å². The number of aromatic nitrogens is 2. The van der Waals surface area contributed by atoms with E-state index in [9.17, 15) is 14.4 Å². The monoisotopic (exact) mass is 426 g/mol. The van der Waals surface area contributed by atoms with E-state index in [2.05, 4.69) is 15.7 Å². The molecule has 1 unspecified atom stereocenters. The smallest absolute Gasteiger partial charge is 0.276 e. The van der Waals surface area contributed by atoms with E-state index in [0.717, 1.165) is 10.2 Å². The first-order chi connectivity index (χ1) is 15.5. The van der Waals surface area contributed by atoms with Crippen LogP contribution in [-0.2, 0) is 7.05 Å². The number of nitrogens with one attached hydrogen (secondary N) is 2. The Morgan fingerprint density at radius 1 is 0.844 bits per heavy atom. The van der Waals surface area contributed by atoms with Crippen LogP contribution in [0, 0.1) is 0 Å². The van der Waals surface area contributed by atoms with Gasteiger partial charge >= 0.3 is 0 Å². The molecule has 0 saturated heterocycles. The number of carbonyl (C=O) groups excluding carboxylic acids is 2. The molecule has 0 aliphatic rings. The van der Waals surface area contributed by atoms with Crippen molar-refractivity contribution >= 4 is 28.3 Å². The summed E-state index contributed by atoms with van der Waals surface area (Å²) in [5.74, 6) is -0.816. The zero-order valence-corrected chi connectivity index (χ0v) is 17.7. The first-order valence-corrected chi connectivity index (χ1v) is 10.2. The Balaban J connectivity index is 1.62. The molecule has 1 atom stereocenters. The molecule has 0 radical (unpaired) electrons. The number of carbonyl (C=O) groups is 2. The van der Waals surface area contributed by atoms with Crippen LogP contribution < -0.4 is 16.2 Å². The van der Waals surface area contributed by atoms with E-state index in [1.807, 2.05) is 37.3 Å². The van der Waals surface area contributed by atoms with E-state index < -0.39 is 5.91 Å².